The second kappa shape index (κ2) is 8.00. The Balaban J connectivity index is 1.68. The van der Waals surface area contributed by atoms with Crippen molar-refractivity contribution in [3.63, 3.8) is 0 Å². The van der Waals surface area contributed by atoms with E-state index in [1.54, 1.807) is 24.1 Å². The third-order valence-corrected chi connectivity index (χ3v) is 3.99. The third-order valence-electron chi connectivity index (χ3n) is 3.74. The average molecular weight is 325 g/mol. The highest BCUT2D eigenvalue weighted by molar-refractivity contribution is 6.30. The van der Waals surface area contributed by atoms with Crippen molar-refractivity contribution < 1.29 is 9.59 Å². The van der Waals surface area contributed by atoms with Crippen LogP contribution in [0.15, 0.2) is 24.3 Å². The van der Waals surface area contributed by atoms with Gasteiger partial charge in [-0.1, -0.05) is 23.7 Å². The smallest absolute Gasteiger partial charge is 0.315 e. The highest BCUT2D eigenvalue weighted by Crippen LogP contribution is 2.09. The van der Waals surface area contributed by atoms with Crippen LogP contribution in [-0.4, -0.2) is 49.6 Å². The number of benzene rings is 1. The minimum atomic E-state index is -0.360. The predicted octanol–water partition coefficient (Wildman–Crippen LogP) is 0.959. The Hall–Kier alpha value is -1.79. The lowest BCUT2D eigenvalue weighted by Gasteiger charge is -2.23. The Labute approximate surface area is 135 Å². The number of halogens is 1. The van der Waals surface area contributed by atoms with Crippen LogP contribution in [0, 0.1) is 0 Å². The summed E-state index contributed by atoms with van der Waals surface area (Å²) in [6.45, 7) is 2.13. The summed E-state index contributed by atoms with van der Waals surface area (Å²) >= 11 is 5.80. The Morgan fingerprint density at radius 3 is 2.68 bits per heavy atom. The maximum absolute atomic E-state index is 12.0. The van der Waals surface area contributed by atoms with Gasteiger partial charge >= 0.3 is 6.03 Å². The first-order valence-corrected chi connectivity index (χ1v) is 7.66. The van der Waals surface area contributed by atoms with Crippen LogP contribution in [0.25, 0.3) is 0 Å². The molecule has 0 aromatic heterocycles. The average Bonchev–Trinajstić information content (AvgIpc) is 3.05. The molecule has 0 radical (unpaired) electrons. The first-order chi connectivity index (χ1) is 10.6. The molecule has 3 amide bonds. The Morgan fingerprint density at radius 1 is 1.32 bits per heavy atom. The van der Waals surface area contributed by atoms with E-state index in [0.717, 1.165) is 25.1 Å². The van der Waals surface area contributed by atoms with Gasteiger partial charge in [-0.2, -0.15) is 0 Å². The van der Waals surface area contributed by atoms with Gasteiger partial charge in [0, 0.05) is 31.2 Å². The van der Waals surface area contributed by atoms with Crippen LogP contribution in [-0.2, 0) is 11.3 Å². The van der Waals surface area contributed by atoms with Crippen molar-refractivity contribution in [3.8, 4) is 0 Å². The second-order valence-corrected chi connectivity index (χ2v) is 5.75. The fourth-order valence-corrected chi connectivity index (χ4v) is 2.43. The molecule has 2 rings (SSSR count). The number of likely N-dealkylation sites (N-methyl/N-ethyl adjacent to an activating group) is 1. The zero-order valence-electron chi connectivity index (χ0n) is 12.6. The van der Waals surface area contributed by atoms with Crippen molar-refractivity contribution in [1.82, 2.24) is 20.9 Å². The van der Waals surface area contributed by atoms with Crippen LogP contribution in [0.2, 0.25) is 5.02 Å². The van der Waals surface area contributed by atoms with E-state index in [1.807, 2.05) is 12.1 Å². The summed E-state index contributed by atoms with van der Waals surface area (Å²) in [5.41, 5.74) is 0.944. The van der Waals surface area contributed by atoms with E-state index in [2.05, 4.69) is 16.0 Å². The predicted molar refractivity (Wildman–Crippen MR) is 85.7 cm³/mol. The fourth-order valence-electron chi connectivity index (χ4n) is 2.30. The highest BCUT2D eigenvalue weighted by atomic mass is 35.5. The van der Waals surface area contributed by atoms with Crippen LogP contribution in [0.1, 0.15) is 12.0 Å². The summed E-state index contributed by atoms with van der Waals surface area (Å²) in [5.74, 6) is -0.0876. The fraction of sp³-hybridized carbons (Fsp3) is 0.467. The number of nitrogens with zero attached hydrogens (tertiary/aromatic N) is 1. The Morgan fingerprint density at radius 2 is 2.05 bits per heavy atom. The largest absolute Gasteiger partial charge is 0.340 e. The molecule has 1 atom stereocenters. The SMILES string of the molecule is CN(C(=O)CNC(=O)NCc1ccc(Cl)cc1)C1CCNC1. The summed E-state index contributed by atoms with van der Waals surface area (Å²) in [5, 5.41) is 9.15. The number of carbonyl (C=O) groups excluding carboxylic acids is 2. The van der Waals surface area contributed by atoms with Gasteiger partial charge in [-0.15, -0.1) is 0 Å². The van der Waals surface area contributed by atoms with Crippen LogP contribution in [0.4, 0.5) is 4.79 Å². The lowest BCUT2D eigenvalue weighted by molar-refractivity contribution is -0.130. The molecule has 3 N–H and O–H groups in total. The van der Waals surface area contributed by atoms with Crippen molar-refractivity contribution in [2.75, 3.05) is 26.7 Å². The molecule has 6 nitrogen and oxygen atoms in total. The number of hydrogen-bond donors (Lipinski definition) is 3. The van der Waals surface area contributed by atoms with Gasteiger partial charge in [0.1, 0.15) is 0 Å². The summed E-state index contributed by atoms with van der Waals surface area (Å²) in [7, 11) is 1.77. The maximum Gasteiger partial charge on any atom is 0.315 e. The molecule has 7 heteroatoms. The molecule has 0 aliphatic carbocycles. The van der Waals surface area contributed by atoms with Gasteiger partial charge in [0.15, 0.2) is 0 Å². The van der Waals surface area contributed by atoms with E-state index in [9.17, 15) is 9.59 Å². The van der Waals surface area contributed by atoms with E-state index in [4.69, 9.17) is 11.6 Å². The van der Waals surface area contributed by atoms with Gasteiger partial charge in [-0.3, -0.25) is 4.79 Å². The van der Waals surface area contributed by atoms with Crippen LogP contribution >= 0.6 is 11.6 Å². The molecule has 1 heterocycles. The van der Waals surface area contributed by atoms with E-state index in [-0.39, 0.29) is 24.5 Å². The molecule has 1 fully saturated rings. The normalized spacial score (nSPS) is 17.1. The molecule has 0 saturated carbocycles. The summed E-state index contributed by atoms with van der Waals surface area (Å²) in [6.07, 6.45) is 0.949. The third kappa shape index (κ3) is 4.89. The zero-order valence-corrected chi connectivity index (χ0v) is 13.3. The molecule has 0 bridgehead atoms. The Kier molecular flexibility index (Phi) is 6.03. The number of nitrogens with one attached hydrogen (secondary N) is 3. The minimum absolute atomic E-state index is 0.000544. The number of rotatable bonds is 5. The van der Waals surface area contributed by atoms with Gasteiger partial charge in [0.25, 0.3) is 0 Å². The molecule has 1 aliphatic rings. The van der Waals surface area contributed by atoms with Gasteiger partial charge in [0.2, 0.25) is 5.91 Å². The number of amides is 3. The minimum Gasteiger partial charge on any atom is -0.340 e. The van der Waals surface area contributed by atoms with Crippen LogP contribution in [0.5, 0.6) is 0 Å². The Bertz CT molecular complexity index is 515. The standard InChI is InChI=1S/C15H21ClN4O2/c1-20(13-6-7-17-9-13)14(21)10-19-15(22)18-8-11-2-4-12(16)5-3-11/h2-5,13,17H,6-10H2,1H3,(H2,18,19,22). The lowest BCUT2D eigenvalue weighted by Crippen LogP contribution is -2.46. The summed E-state index contributed by atoms with van der Waals surface area (Å²) in [6, 6.07) is 7.08. The van der Waals surface area contributed by atoms with E-state index >= 15 is 0 Å². The van der Waals surface area contributed by atoms with Crippen molar-refractivity contribution in [3.05, 3.63) is 34.9 Å². The van der Waals surface area contributed by atoms with Crippen molar-refractivity contribution in [2.24, 2.45) is 0 Å². The second-order valence-electron chi connectivity index (χ2n) is 5.31. The summed E-state index contributed by atoms with van der Waals surface area (Å²) < 4.78 is 0. The highest BCUT2D eigenvalue weighted by Gasteiger charge is 2.23. The number of carbonyl (C=O) groups is 2. The molecule has 1 aromatic carbocycles. The number of urea groups is 1. The zero-order chi connectivity index (χ0) is 15.9. The molecular weight excluding hydrogens is 304 g/mol. The number of hydrogen-bond acceptors (Lipinski definition) is 3. The monoisotopic (exact) mass is 324 g/mol. The molecule has 1 aromatic rings. The molecule has 22 heavy (non-hydrogen) atoms. The molecule has 0 spiro atoms. The first-order valence-electron chi connectivity index (χ1n) is 7.29. The van der Waals surface area contributed by atoms with Crippen molar-refractivity contribution >= 4 is 23.5 Å². The van der Waals surface area contributed by atoms with Crippen molar-refractivity contribution in [1.29, 1.82) is 0 Å². The van der Waals surface area contributed by atoms with Crippen LogP contribution in [0.3, 0.4) is 0 Å². The van der Waals surface area contributed by atoms with E-state index < -0.39 is 0 Å². The van der Waals surface area contributed by atoms with Crippen molar-refractivity contribution in [2.45, 2.75) is 19.0 Å². The summed E-state index contributed by atoms with van der Waals surface area (Å²) in [4.78, 5) is 25.4. The molecule has 120 valence electrons. The molecule has 1 aliphatic heterocycles. The van der Waals surface area contributed by atoms with Gasteiger partial charge in [0.05, 0.1) is 6.54 Å². The first kappa shape index (κ1) is 16.6. The molecule has 1 unspecified atom stereocenters. The van der Waals surface area contributed by atoms with Gasteiger partial charge < -0.3 is 20.9 Å². The quantitative estimate of drug-likeness (QED) is 0.755. The lowest BCUT2D eigenvalue weighted by atomic mass is 10.2. The molecule has 1 saturated heterocycles. The van der Waals surface area contributed by atoms with Gasteiger partial charge in [-0.25, -0.2) is 4.79 Å². The van der Waals surface area contributed by atoms with E-state index in [0.29, 0.717) is 11.6 Å². The topological polar surface area (TPSA) is 73.5 Å². The molecular formula is C15H21ClN4O2. The van der Waals surface area contributed by atoms with Crippen LogP contribution < -0.4 is 16.0 Å². The maximum atomic E-state index is 12.0. The van der Waals surface area contributed by atoms with Gasteiger partial charge in [-0.05, 0) is 30.7 Å². The van der Waals surface area contributed by atoms with E-state index in [1.165, 1.54) is 0 Å².